The van der Waals surface area contributed by atoms with Crippen LogP contribution in [0.25, 0.3) is 83.9 Å². The van der Waals surface area contributed by atoms with Crippen LogP contribution >= 0.6 is 0 Å². The number of phenols is 1. The van der Waals surface area contributed by atoms with E-state index >= 15 is 0 Å². The van der Waals surface area contributed by atoms with Crippen LogP contribution < -0.4 is 0 Å². The summed E-state index contributed by atoms with van der Waals surface area (Å²) in [6.45, 7) is 30.1. The van der Waals surface area contributed by atoms with Crippen molar-refractivity contribution in [2.24, 2.45) is 0 Å². The fraction of sp³-hybridized carbons (Fsp3) is 0.304. The van der Waals surface area contributed by atoms with Gasteiger partial charge in [-0.05, 0) is 144 Å². The number of para-hydroxylation sites is 1. The lowest BCUT2D eigenvalue weighted by Crippen LogP contribution is -2.17. The maximum Gasteiger partial charge on any atom is 0.149 e. The second kappa shape index (κ2) is 18.5. The first-order chi connectivity index (χ1) is 37.0. The van der Waals surface area contributed by atoms with Gasteiger partial charge in [0.25, 0.3) is 0 Å². The minimum atomic E-state index is -2.84. The van der Waals surface area contributed by atoms with Gasteiger partial charge in [0.1, 0.15) is 11.6 Å². The third-order valence-electron chi connectivity index (χ3n) is 14.2. The number of benzene rings is 7. The molecule has 0 radical (unpaired) electrons. The molecule has 0 saturated carbocycles. The van der Waals surface area contributed by atoms with Crippen LogP contribution in [0.15, 0.2) is 158 Å². The molecule has 2 heterocycles. The van der Waals surface area contributed by atoms with Crippen LogP contribution in [0.1, 0.15) is 147 Å². The first-order valence-electron chi connectivity index (χ1n) is 29.0. The standard InChI is InChI=1S/C69H75N3O/c1-43-20-22-44(23-21-43)47-34-35-70-59(39-47)50-37-48(45-24-28-51(29-25-45)65(2,3)4)36-49(38-50)55-18-17-19-61-62(55)71-64(57-41-54(68(11,12)13)42-58(63(57)73)69(14,15)16)72(61)60-33-32-53(67(8,9)10)40-56(60)46-26-30-52(31-27-46)66(5,6)7/h17-42,73H,1-16H3/i1D3,20D,21D,22D,23D. The van der Waals surface area contributed by atoms with Crippen LogP contribution in [0.5, 0.6) is 5.75 Å². The van der Waals surface area contributed by atoms with E-state index in [-0.39, 0.29) is 33.0 Å². The van der Waals surface area contributed by atoms with Crippen molar-refractivity contribution in [3.63, 3.8) is 0 Å². The van der Waals surface area contributed by atoms with Crippen molar-refractivity contribution >= 4 is 11.0 Å². The molecule has 0 amide bonds. The van der Waals surface area contributed by atoms with E-state index in [0.29, 0.717) is 28.2 Å². The van der Waals surface area contributed by atoms with Crippen LogP contribution in [-0.4, -0.2) is 19.6 Å². The smallest absolute Gasteiger partial charge is 0.149 e. The molecule has 73 heavy (non-hydrogen) atoms. The second-order valence-corrected chi connectivity index (χ2v) is 25.0. The molecular weight excluding hydrogens is 887 g/mol. The van der Waals surface area contributed by atoms with Crippen LogP contribution in [0.2, 0.25) is 0 Å². The largest absolute Gasteiger partial charge is 0.507 e. The van der Waals surface area contributed by atoms with E-state index in [0.717, 1.165) is 61.3 Å². The lowest BCUT2D eigenvalue weighted by Gasteiger charge is -2.28. The van der Waals surface area contributed by atoms with Gasteiger partial charge >= 0.3 is 0 Å². The molecule has 0 bridgehead atoms. The van der Waals surface area contributed by atoms with Gasteiger partial charge in [-0.2, -0.15) is 0 Å². The highest BCUT2D eigenvalue weighted by Crippen LogP contribution is 2.47. The zero-order valence-corrected chi connectivity index (χ0v) is 45.5. The quantitative estimate of drug-likeness (QED) is 0.173. The highest BCUT2D eigenvalue weighted by atomic mass is 16.3. The van der Waals surface area contributed by atoms with Crippen LogP contribution in [0.3, 0.4) is 0 Å². The van der Waals surface area contributed by atoms with Crippen molar-refractivity contribution in [3.8, 4) is 78.6 Å². The van der Waals surface area contributed by atoms with Crippen molar-refractivity contribution < 1.29 is 14.7 Å². The highest BCUT2D eigenvalue weighted by molar-refractivity contribution is 5.98. The minimum absolute atomic E-state index is 0.0120. The fourth-order valence-corrected chi connectivity index (χ4v) is 9.61. The Morgan fingerprint density at radius 1 is 0.452 bits per heavy atom. The first kappa shape index (κ1) is 42.5. The Morgan fingerprint density at radius 3 is 1.60 bits per heavy atom. The SMILES string of the molecule is [2H]c1c([2H])c(C([2H])([2H])[2H])c([2H])c([2H])c1-c1ccnc(-c2cc(-c3ccc(C(C)(C)C)cc3)cc(-c3cccc4c3nc(-c3cc(C(C)(C)C)cc(C(C)(C)C)c3O)n4-c3ccc(C(C)(C)C)cc3-c3ccc(C(C)(C)C)cc3)c2)c1. The van der Waals surface area contributed by atoms with Crippen molar-refractivity contribution in [2.75, 3.05) is 0 Å². The number of imidazole rings is 1. The predicted octanol–water partition coefficient (Wildman–Crippen LogP) is 18.9. The lowest BCUT2D eigenvalue weighted by molar-refractivity contribution is 0.446. The molecule has 372 valence electrons. The Bertz CT molecular complexity index is 3840. The van der Waals surface area contributed by atoms with Gasteiger partial charge in [-0.1, -0.05) is 206 Å². The fourth-order valence-electron chi connectivity index (χ4n) is 9.61. The molecule has 1 N–H and O–H groups in total. The molecule has 0 spiro atoms. The van der Waals surface area contributed by atoms with E-state index in [1.54, 1.807) is 18.3 Å². The summed E-state index contributed by atoms with van der Waals surface area (Å²) in [5, 5.41) is 12.8. The average Bonchev–Trinajstić information content (AvgIpc) is 4.01. The molecular formula is C69H75N3O. The van der Waals surface area contributed by atoms with Gasteiger partial charge in [0.05, 0.1) is 33.5 Å². The zero-order chi connectivity index (χ0) is 58.6. The second-order valence-electron chi connectivity index (χ2n) is 25.0. The van der Waals surface area contributed by atoms with E-state index in [1.807, 2.05) is 0 Å². The number of nitrogens with zero attached hydrogens (tertiary/aromatic N) is 3. The average molecular weight is 969 g/mol. The molecule has 2 aromatic heterocycles. The lowest BCUT2D eigenvalue weighted by atomic mass is 9.79. The number of fused-ring (bicyclic) bond motifs is 1. The van der Waals surface area contributed by atoms with Gasteiger partial charge in [0, 0.05) is 32.6 Å². The summed E-state index contributed by atoms with van der Waals surface area (Å²) in [5.74, 6) is 0.764. The van der Waals surface area contributed by atoms with Gasteiger partial charge < -0.3 is 5.11 Å². The Labute approximate surface area is 446 Å². The molecule has 4 heteroatoms. The monoisotopic (exact) mass is 969 g/mol. The van der Waals surface area contributed by atoms with Gasteiger partial charge in [0.2, 0.25) is 0 Å². The Balaban J connectivity index is 1.37. The normalized spacial score (nSPS) is 14.3. The number of phenolic OH excluding ortho intramolecular Hbond substituents is 1. The zero-order valence-electron chi connectivity index (χ0n) is 52.5. The topological polar surface area (TPSA) is 50.9 Å². The van der Waals surface area contributed by atoms with Crippen LogP contribution in [0.4, 0.5) is 0 Å². The molecule has 0 aliphatic carbocycles. The van der Waals surface area contributed by atoms with Crippen molar-refractivity contribution in [1.29, 1.82) is 0 Å². The molecule has 0 aliphatic rings. The van der Waals surface area contributed by atoms with E-state index in [9.17, 15) is 5.11 Å². The Kier molecular flexibility index (Phi) is 10.7. The third kappa shape index (κ3) is 10.3. The molecule has 0 atom stereocenters. The third-order valence-corrected chi connectivity index (χ3v) is 14.2. The molecule has 4 nitrogen and oxygen atoms in total. The van der Waals surface area contributed by atoms with E-state index in [1.165, 1.54) is 16.7 Å². The summed E-state index contributed by atoms with van der Waals surface area (Å²) in [6.07, 6.45) is 1.58. The summed E-state index contributed by atoms with van der Waals surface area (Å²) in [7, 11) is 0. The number of aromatic hydroxyl groups is 1. The summed E-state index contributed by atoms with van der Waals surface area (Å²) >= 11 is 0. The number of rotatable bonds is 7. The van der Waals surface area contributed by atoms with E-state index in [2.05, 4.69) is 224 Å². The molecule has 9 rings (SSSR count). The maximum absolute atomic E-state index is 12.8. The van der Waals surface area contributed by atoms with E-state index in [4.69, 9.17) is 19.6 Å². The van der Waals surface area contributed by atoms with Crippen LogP contribution in [-0.2, 0) is 27.1 Å². The molecule has 9 aromatic rings. The number of aromatic nitrogens is 3. The minimum Gasteiger partial charge on any atom is -0.507 e. The number of hydrogen-bond donors (Lipinski definition) is 1. The van der Waals surface area contributed by atoms with Crippen molar-refractivity contribution in [2.45, 2.75) is 138 Å². The van der Waals surface area contributed by atoms with Gasteiger partial charge in [-0.25, -0.2) is 4.98 Å². The van der Waals surface area contributed by atoms with Gasteiger partial charge in [0.15, 0.2) is 0 Å². The van der Waals surface area contributed by atoms with Gasteiger partial charge in [-0.15, -0.1) is 0 Å². The summed E-state index contributed by atoms with van der Waals surface area (Å²) < 4.78 is 61.6. The Hall–Kier alpha value is -7.04. The molecule has 0 unspecified atom stereocenters. The summed E-state index contributed by atoms with van der Waals surface area (Å²) in [6, 6.07) is 42.3. The highest BCUT2D eigenvalue weighted by Gasteiger charge is 2.30. The van der Waals surface area contributed by atoms with Crippen molar-refractivity contribution in [3.05, 3.63) is 191 Å². The van der Waals surface area contributed by atoms with E-state index < -0.39 is 42.0 Å². The first-order valence-corrected chi connectivity index (χ1v) is 25.5. The van der Waals surface area contributed by atoms with Gasteiger partial charge in [-0.3, -0.25) is 9.55 Å². The molecule has 0 saturated heterocycles. The Morgan fingerprint density at radius 2 is 1.01 bits per heavy atom. The number of hydrogen-bond acceptors (Lipinski definition) is 3. The molecule has 7 aromatic carbocycles. The van der Waals surface area contributed by atoms with Crippen molar-refractivity contribution in [1.82, 2.24) is 14.5 Å². The molecule has 0 aliphatic heterocycles. The predicted molar refractivity (Wildman–Crippen MR) is 311 cm³/mol. The number of pyridine rings is 1. The molecule has 0 fully saturated rings. The maximum atomic E-state index is 12.8. The van der Waals surface area contributed by atoms with Crippen LogP contribution in [0, 0.1) is 6.85 Å². The summed E-state index contributed by atoms with van der Waals surface area (Å²) in [5.41, 5.74) is 14.2. The summed E-state index contributed by atoms with van der Waals surface area (Å²) in [4.78, 5) is 10.6.